The van der Waals surface area contributed by atoms with E-state index in [1.165, 1.54) is 0 Å². The minimum atomic E-state index is -0.502. The largest absolute Gasteiger partial charge is 0.458 e. The van der Waals surface area contributed by atoms with Crippen LogP contribution in [0.4, 0.5) is 0 Å². The summed E-state index contributed by atoms with van der Waals surface area (Å²) in [7, 11) is 0. The number of ether oxygens (including phenoxy) is 1. The van der Waals surface area contributed by atoms with Crippen LogP contribution in [0.3, 0.4) is 0 Å². The van der Waals surface area contributed by atoms with Gasteiger partial charge in [-0.2, -0.15) is 0 Å². The van der Waals surface area contributed by atoms with Gasteiger partial charge in [-0.1, -0.05) is 30.3 Å². The molecule has 0 fully saturated rings. The molecule has 0 atom stereocenters. The Balaban J connectivity index is 2.60. The Kier molecular flexibility index (Phi) is 3.86. The highest BCUT2D eigenvalue weighted by Crippen LogP contribution is 2.16. The molecule has 0 saturated carbocycles. The topological polar surface area (TPSA) is 52.3 Å². The predicted molar refractivity (Wildman–Crippen MR) is 59.4 cm³/mol. The number of rotatable bonds is 4. The first-order valence-corrected chi connectivity index (χ1v) is 4.99. The molecule has 3 nitrogen and oxygen atoms in total. The van der Waals surface area contributed by atoms with Gasteiger partial charge in [-0.25, -0.2) is 0 Å². The number of carbonyl (C=O) groups excluding carboxylic acids is 1. The molecule has 1 aromatic rings. The van der Waals surface area contributed by atoms with Crippen molar-refractivity contribution in [3.63, 3.8) is 0 Å². The molecule has 0 amide bonds. The van der Waals surface area contributed by atoms with Gasteiger partial charge in [-0.3, -0.25) is 4.79 Å². The fourth-order valence-corrected chi connectivity index (χ4v) is 1.47. The van der Waals surface area contributed by atoms with Crippen molar-refractivity contribution in [1.29, 1.82) is 0 Å². The van der Waals surface area contributed by atoms with Crippen LogP contribution in [0.25, 0.3) is 0 Å². The van der Waals surface area contributed by atoms with Crippen molar-refractivity contribution in [2.45, 2.75) is 25.9 Å². The van der Waals surface area contributed by atoms with Crippen molar-refractivity contribution >= 4 is 5.97 Å². The molecule has 1 rings (SSSR count). The Morgan fingerprint density at radius 1 is 1.33 bits per heavy atom. The lowest BCUT2D eigenvalue weighted by molar-refractivity contribution is -0.154. The van der Waals surface area contributed by atoms with Gasteiger partial charge < -0.3 is 10.5 Å². The van der Waals surface area contributed by atoms with E-state index in [2.05, 4.69) is 0 Å². The molecule has 0 bridgehead atoms. The molecule has 0 radical (unpaired) electrons. The van der Waals surface area contributed by atoms with Crippen LogP contribution in [-0.2, 0) is 16.0 Å². The summed E-state index contributed by atoms with van der Waals surface area (Å²) in [6, 6.07) is 9.92. The molecule has 15 heavy (non-hydrogen) atoms. The smallest absolute Gasteiger partial charge is 0.320 e. The second-order valence-corrected chi connectivity index (χ2v) is 4.10. The summed E-state index contributed by atoms with van der Waals surface area (Å²) in [5.74, 6) is -0.365. The lowest BCUT2D eigenvalue weighted by Gasteiger charge is -2.24. The van der Waals surface area contributed by atoms with E-state index in [0.29, 0.717) is 6.42 Å². The number of esters is 1. The summed E-state index contributed by atoms with van der Waals surface area (Å²) in [5.41, 5.74) is 5.84. The second-order valence-electron chi connectivity index (χ2n) is 4.10. The van der Waals surface area contributed by atoms with Gasteiger partial charge in [0, 0.05) is 6.42 Å². The Bertz CT molecular complexity index is 320. The van der Waals surface area contributed by atoms with Gasteiger partial charge >= 0.3 is 5.97 Å². The van der Waals surface area contributed by atoms with Gasteiger partial charge in [-0.05, 0) is 19.4 Å². The third-order valence-corrected chi connectivity index (χ3v) is 2.03. The molecule has 0 aliphatic heterocycles. The third-order valence-electron chi connectivity index (χ3n) is 2.03. The van der Waals surface area contributed by atoms with Gasteiger partial charge in [0.15, 0.2) is 0 Å². The predicted octanol–water partition coefficient (Wildman–Crippen LogP) is 1.51. The van der Waals surface area contributed by atoms with Crippen LogP contribution in [0.1, 0.15) is 19.4 Å². The molecule has 1 aromatic carbocycles. The summed E-state index contributed by atoms with van der Waals surface area (Å²) in [6.45, 7) is 3.69. The third kappa shape index (κ3) is 4.13. The van der Waals surface area contributed by atoms with Crippen LogP contribution in [-0.4, -0.2) is 18.1 Å². The molecule has 0 saturated heterocycles. The summed E-state index contributed by atoms with van der Waals surface area (Å²) >= 11 is 0. The van der Waals surface area contributed by atoms with Crippen molar-refractivity contribution in [3.8, 4) is 0 Å². The molecule has 3 heteroatoms. The fourth-order valence-electron chi connectivity index (χ4n) is 1.47. The van der Waals surface area contributed by atoms with Crippen LogP contribution in [0.5, 0.6) is 0 Å². The minimum Gasteiger partial charge on any atom is -0.458 e. The Morgan fingerprint density at radius 2 is 1.93 bits per heavy atom. The van der Waals surface area contributed by atoms with E-state index in [0.717, 1.165) is 5.56 Å². The van der Waals surface area contributed by atoms with Crippen LogP contribution in [0, 0.1) is 0 Å². The van der Waals surface area contributed by atoms with E-state index >= 15 is 0 Å². The van der Waals surface area contributed by atoms with Gasteiger partial charge in [0.1, 0.15) is 5.60 Å². The first-order chi connectivity index (χ1) is 7.03. The monoisotopic (exact) mass is 207 g/mol. The molecular weight excluding hydrogens is 190 g/mol. The van der Waals surface area contributed by atoms with E-state index in [4.69, 9.17) is 10.5 Å². The highest BCUT2D eigenvalue weighted by molar-refractivity contribution is 5.71. The number of hydrogen-bond acceptors (Lipinski definition) is 3. The standard InChI is InChI=1S/C12H17NO2/c1-12(2,15-11(14)9-13)8-10-6-4-3-5-7-10/h3-7H,8-9,13H2,1-2H3. The highest BCUT2D eigenvalue weighted by atomic mass is 16.6. The van der Waals surface area contributed by atoms with Gasteiger partial charge in [-0.15, -0.1) is 0 Å². The Hall–Kier alpha value is -1.35. The highest BCUT2D eigenvalue weighted by Gasteiger charge is 2.22. The summed E-state index contributed by atoms with van der Waals surface area (Å²) in [6.07, 6.45) is 0.694. The molecule has 2 N–H and O–H groups in total. The molecule has 0 spiro atoms. The lowest BCUT2D eigenvalue weighted by atomic mass is 9.98. The van der Waals surface area contributed by atoms with Gasteiger partial charge in [0.05, 0.1) is 6.54 Å². The van der Waals surface area contributed by atoms with Crippen molar-refractivity contribution in [2.75, 3.05) is 6.54 Å². The quantitative estimate of drug-likeness (QED) is 0.761. The summed E-state index contributed by atoms with van der Waals surface area (Å²) in [5, 5.41) is 0. The SMILES string of the molecule is CC(C)(Cc1ccccc1)OC(=O)CN. The average Bonchev–Trinajstić information content (AvgIpc) is 2.17. The first-order valence-electron chi connectivity index (χ1n) is 4.99. The molecule has 0 aliphatic rings. The zero-order valence-corrected chi connectivity index (χ0v) is 9.19. The van der Waals surface area contributed by atoms with Crippen molar-refractivity contribution in [1.82, 2.24) is 0 Å². The zero-order valence-electron chi connectivity index (χ0n) is 9.19. The molecular formula is C12H17NO2. The van der Waals surface area contributed by atoms with Crippen LogP contribution >= 0.6 is 0 Å². The second kappa shape index (κ2) is 4.94. The van der Waals surface area contributed by atoms with Gasteiger partial charge in [0.25, 0.3) is 0 Å². The Morgan fingerprint density at radius 3 is 2.47 bits per heavy atom. The zero-order chi connectivity index (χ0) is 11.3. The maximum Gasteiger partial charge on any atom is 0.320 e. The maximum atomic E-state index is 11.1. The normalized spacial score (nSPS) is 11.1. The molecule has 0 heterocycles. The lowest BCUT2D eigenvalue weighted by Crippen LogP contribution is -2.33. The summed E-state index contributed by atoms with van der Waals surface area (Å²) < 4.78 is 5.23. The van der Waals surface area contributed by atoms with Crippen molar-refractivity contribution in [3.05, 3.63) is 35.9 Å². The van der Waals surface area contributed by atoms with E-state index in [9.17, 15) is 4.79 Å². The maximum absolute atomic E-state index is 11.1. The number of hydrogen-bond donors (Lipinski definition) is 1. The number of nitrogens with two attached hydrogens (primary N) is 1. The minimum absolute atomic E-state index is 0.0712. The van der Waals surface area contributed by atoms with E-state index in [1.807, 2.05) is 44.2 Å². The first kappa shape index (κ1) is 11.7. The molecule has 0 aromatic heterocycles. The fraction of sp³-hybridized carbons (Fsp3) is 0.417. The number of carbonyl (C=O) groups is 1. The van der Waals surface area contributed by atoms with Gasteiger partial charge in [0.2, 0.25) is 0 Å². The Labute approximate surface area is 90.2 Å². The summed E-state index contributed by atoms with van der Waals surface area (Å²) in [4.78, 5) is 11.1. The van der Waals surface area contributed by atoms with Crippen molar-refractivity contribution < 1.29 is 9.53 Å². The number of benzene rings is 1. The molecule has 0 unspecified atom stereocenters. The van der Waals surface area contributed by atoms with Crippen LogP contribution in [0.2, 0.25) is 0 Å². The molecule has 82 valence electrons. The van der Waals surface area contributed by atoms with E-state index in [1.54, 1.807) is 0 Å². The van der Waals surface area contributed by atoms with E-state index < -0.39 is 5.60 Å². The van der Waals surface area contributed by atoms with E-state index in [-0.39, 0.29) is 12.5 Å². The average molecular weight is 207 g/mol. The van der Waals surface area contributed by atoms with Crippen molar-refractivity contribution in [2.24, 2.45) is 5.73 Å². The van der Waals surface area contributed by atoms with Crippen LogP contribution < -0.4 is 5.73 Å². The molecule has 0 aliphatic carbocycles. The van der Waals surface area contributed by atoms with Crippen LogP contribution in [0.15, 0.2) is 30.3 Å².